The first-order valence-corrected chi connectivity index (χ1v) is 9.61. The number of hydrogen-bond donors (Lipinski definition) is 1. The van der Waals surface area contributed by atoms with Crippen LogP contribution < -0.4 is 10.2 Å². The van der Waals surface area contributed by atoms with E-state index in [9.17, 15) is 17.2 Å². The Balaban J connectivity index is 2.09. The van der Waals surface area contributed by atoms with E-state index in [1.165, 1.54) is 34.9 Å². The Bertz CT molecular complexity index is 870. The summed E-state index contributed by atoms with van der Waals surface area (Å²) < 4.78 is 55.3. The first-order valence-electron chi connectivity index (χ1n) is 8.17. The maximum absolute atomic E-state index is 12.4. The third-order valence-corrected chi connectivity index (χ3v) is 5.63. The molecule has 0 fully saturated rings. The predicted octanol–water partition coefficient (Wildman–Crippen LogP) is 3.16. The van der Waals surface area contributed by atoms with E-state index in [1.807, 2.05) is 0 Å². The Morgan fingerprint density at radius 1 is 1.22 bits per heavy atom. The van der Waals surface area contributed by atoms with E-state index in [0.29, 0.717) is 24.5 Å². The Morgan fingerprint density at radius 3 is 2.52 bits per heavy atom. The van der Waals surface area contributed by atoms with Gasteiger partial charge in [-0.2, -0.15) is 18.2 Å². The van der Waals surface area contributed by atoms with Crippen LogP contribution >= 0.6 is 0 Å². The smallest absolute Gasteiger partial charge is 0.387 e. The van der Waals surface area contributed by atoms with E-state index in [4.69, 9.17) is 0 Å². The number of ether oxygens (including phenoxy) is 1. The summed E-state index contributed by atoms with van der Waals surface area (Å²) in [7, 11) is -3.58. The highest BCUT2D eigenvalue weighted by Gasteiger charge is 2.21. The molecule has 146 valence electrons. The Kier molecular flexibility index (Phi) is 7.19. The molecule has 0 saturated heterocycles. The molecule has 7 nitrogen and oxygen atoms in total. The highest BCUT2D eigenvalue weighted by molar-refractivity contribution is 7.89. The molecule has 10 heteroatoms. The zero-order valence-corrected chi connectivity index (χ0v) is 15.7. The zero-order valence-electron chi connectivity index (χ0n) is 14.8. The molecule has 0 aliphatic carbocycles. The molecule has 0 atom stereocenters. The van der Waals surface area contributed by atoms with Crippen LogP contribution in [0.1, 0.15) is 19.4 Å². The Morgan fingerprint density at radius 2 is 1.93 bits per heavy atom. The minimum Gasteiger partial charge on any atom is -0.434 e. The Labute approximate surface area is 156 Å². The van der Waals surface area contributed by atoms with Gasteiger partial charge < -0.3 is 4.74 Å². The molecule has 1 heterocycles. The van der Waals surface area contributed by atoms with Crippen LogP contribution in [-0.2, 0) is 10.0 Å². The van der Waals surface area contributed by atoms with Gasteiger partial charge in [0.1, 0.15) is 16.5 Å². The van der Waals surface area contributed by atoms with Gasteiger partial charge in [0.25, 0.3) is 0 Å². The topological polar surface area (TPSA) is 83.9 Å². The van der Waals surface area contributed by atoms with E-state index < -0.39 is 16.6 Å². The third kappa shape index (κ3) is 5.44. The summed E-state index contributed by atoms with van der Waals surface area (Å²) in [6.07, 6.45) is 2.54. The van der Waals surface area contributed by atoms with Gasteiger partial charge in [-0.05, 0) is 24.3 Å². The minimum atomic E-state index is -3.58. The van der Waals surface area contributed by atoms with Crippen molar-refractivity contribution in [2.45, 2.75) is 25.4 Å². The summed E-state index contributed by atoms with van der Waals surface area (Å²) in [6.45, 7) is 1.31. The number of rotatable bonds is 9. The van der Waals surface area contributed by atoms with Gasteiger partial charge in [0.05, 0.1) is 6.21 Å². The number of alkyl halides is 2. The monoisotopic (exact) mass is 398 g/mol. The van der Waals surface area contributed by atoms with E-state index in [2.05, 4.69) is 20.2 Å². The lowest BCUT2D eigenvalue weighted by atomic mass is 10.2. The number of nitrogens with zero attached hydrogens (tertiary/aromatic N) is 3. The summed E-state index contributed by atoms with van der Waals surface area (Å²) >= 11 is 0. The number of sulfonamides is 1. The van der Waals surface area contributed by atoms with Crippen molar-refractivity contribution in [3.8, 4) is 5.75 Å². The van der Waals surface area contributed by atoms with Gasteiger partial charge in [0.15, 0.2) is 0 Å². The van der Waals surface area contributed by atoms with Crippen molar-refractivity contribution in [1.82, 2.24) is 9.29 Å². The number of halogens is 2. The van der Waals surface area contributed by atoms with Crippen molar-refractivity contribution >= 4 is 22.1 Å². The lowest BCUT2D eigenvalue weighted by Crippen LogP contribution is -2.30. The lowest BCUT2D eigenvalue weighted by molar-refractivity contribution is -0.0499. The summed E-state index contributed by atoms with van der Waals surface area (Å²) in [5.41, 5.74) is 2.97. The molecule has 1 aromatic carbocycles. The molecule has 0 aliphatic rings. The number of benzene rings is 1. The highest BCUT2D eigenvalue weighted by Crippen LogP contribution is 2.19. The molecule has 1 aromatic heterocycles. The molecule has 2 rings (SSSR count). The maximum Gasteiger partial charge on any atom is 0.387 e. The summed E-state index contributed by atoms with van der Waals surface area (Å²) in [4.78, 5) is 4.10. The molecule has 0 amide bonds. The van der Waals surface area contributed by atoms with Crippen LogP contribution in [0.25, 0.3) is 0 Å². The van der Waals surface area contributed by atoms with Crippen LogP contribution in [0.2, 0.25) is 0 Å². The predicted molar refractivity (Wildman–Crippen MR) is 98.6 cm³/mol. The number of hydrogen-bond acceptors (Lipinski definition) is 6. The fourth-order valence-electron chi connectivity index (χ4n) is 2.27. The first-order chi connectivity index (χ1) is 12.9. The SMILES string of the molecule is CCN(CC)S(=O)(=O)c1ccc(N/N=C/c2ccccc2OC(F)F)nc1. The molecule has 2 aromatic rings. The minimum absolute atomic E-state index is 0.00771. The molecule has 0 aliphatic heterocycles. The molecular weight excluding hydrogens is 378 g/mol. The van der Waals surface area contributed by atoms with Crippen LogP contribution in [0.5, 0.6) is 5.75 Å². The summed E-state index contributed by atoms with van der Waals surface area (Å²) in [5, 5.41) is 3.92. The number of aromatic nitrogens is 1. The second-order valence-corrected chi connectivity index (χ2v) is 7.19. The van der Waals surface area contributed by atoms with Crippen molar-refractivity contribution < 1.29 is 21.9 Å². The first kappa shape index (κ1) is 20.7. The number of nitrogens with one attached hydrogen (secondary N) is 1. The van der Waals surface area contributed by atoms with Gasteiger partial charge in [0, 0.05) is 24.8 Å². The number of para-hydroxylation sites is 1. The van der Waals surface area contributed by atoms with Crippen molar-refractivity contribution in [1.29, 1.82) is 0 Å². The van der Waals surface area contributed by atoms with Gasteiger partial charge in [-0.25, -0.2) is 13.4 Å². The van der Waals surface area contributed by atoms with Crippen LogP contribution in [0.4, 0.5) is 14.6 Å². The molecule has 27 heavy (non-hydrogen) atoms. The normalized spacial score (nSPS) is 12.1. The maximum atomic E-state index is 12.4. The Hall–Kier alpha value is -2.59. The molecule has 0 spiro atoms. The van der Waals surface area contributed by atoms with E-state index in [0.717, 1.165) is 0 Å². The van der Waals surface area contributed by atoms with E-state index >= 15 is 0 Å². The highest BCUT2D eigenvalue weighted by atomic mass is 32.2. The molecule has 0 radical (unpaired) electrons. The average Bonchev–Trinajstić information content (AvgIpc) is 2.64. The second kappa shape index (κ2) is 9.38. The summed E-state index contributed by atoms with van der Waals surface area (Å²) in [6, 6.07) is 9.08. The molecular formula is C17H20F2N4O3S. The van der Waals surface area contributed by atoms with Gasteiger partial charge in [-0.3, -0.25) is 5.43 Å². The zero-order chi connectivity index (χ0) is 19.9. The molecule has 0 unspecified atom stereocenters. The van der Waals surface area contributed by atoms with Crippen molar-refractivity contribution in [2.24, 2.45) is 5.10 Å². The van der Waals surface area contributed by atoms with Crippen LogP contribution in [-0.4, -0.2) is 43.6 Å². The van der Waals surface area contributed by atoms with Crippen molar-refractivity contribution in [2.75, 3.05) is 18.5 Å². The molecule has 0 bridgehead atoms. The lowest BCUT2D eigenvalue weighted by Gasteiger charge is -2.18. The largest absolute Gasteiger partial charge is 0.434 e. The second-order valence-electron chi connectivity index (χ2n) is 5.25. The van der Waals surface area contributed by atoms with Gasteiger partial charge >= 0.3 is 6.61 Å². The van der Waals surface area contributed by atoms with Gasteiger partial charge in [0.2, 0.25) is 10.0 Å². The standard InChI is InChI=1S/C17H20F2N4O3S/c1-3-23(4-2)27(24,25)14-9-10-16(20-12-14)22-21-11-13-7-5-6-8-15(13)26-17(18)19/h5-12,17H,3-4H2,1-2H3,(H,20,22)/b21-11+. The quantitative estimate of drug-likeness (QED) is 0.518. The van der Waals surface area contributed by atoms with Crippen molar-refractivity contribution in [3.63, 3.8) is 0 Å². The average molecular weight is 398 g/mol. The van der Waals surface area contributed by atoms with Crippen molar-refractivity contribution in [3.05, 3.63) is 48.2 Å². The van der Waals surface area contributed by atoms with Gasteiger partial charge in [-0.15, -0.1) is 0 Å². The number of pyridine rings is 1. The summed E-state index contributed by atoms with van der Waals surface area (Å²) in [5.74, 6) is 0.295. The van der Waals surface area contributed by atoms with E-state index in [1.54, 1.807) is 32.0 Å². The van der Waals surface area contributed by atoms with Crippen LogP contribution in [0.3, 0.4) is 0 Å². The number of anilines is 1. The fraction of sp³-hybridized carbons (Fsp3) is 0.294. The van der Waals surface area contributed by atoms with Gasteiger partial charge in [-0.1, -0.05) is 26.0 Å². The number of hydrazone groups is 1. The fourth-order valence-corrected chi connectivity index (χ4v) is 3.67. The van der Waals surface area contributed by atoms with Crippen LogP contribution in [0, 0.1) is 0 Å². The molecule has 0 saturated carbocycles. The third-order valence-electron chi connectivity index (χ3n) is 3.60. The van der Waals surface area contributed by atoms with E-state index in [-0.39, 0.29) is 10.6 Å². The van der Waals surface area contributed by atoms with Crippen LogP contribution in [0.15, 0.2) is 52.6 Å². The molecule has 1 N–H and O–H groups in total.